The summed E-state index contributed by atoms with van der Waals surface area (Å²) in [5.41, 5.74) is 3.18. The Morgan fingerprint density at radius 2 is 2.10 bits per heavy atom. The highest BCUT2D eigenvalue weighted by Crippen LogP contribution is 2.26. The van der Waals surface area contributed by atoms with Gasteiger partial charge in [-0.3, -0.25) is 9.89 Å². The molecule has 0 spiro atoms. The number of carboxylic acid groups (broad SMARTS) is 1. The third-order valence-electron chi connectivity index (χ3n) is 2.99. The number of nitrogens with one attached hydrogen (secondary N) is 2. The first-order chi connectivity index (χ1) is 9.38. The van der Waals surface area contributed by atoms with Crippen molar-refractivity contribution in [3.63, 3.8) is 0 Å². The standard InChI is InChI=1S/C13H15N3O3S/c1-6-4-11(20-12(6)13(18)19)14-10(17)5-9-7(2)15-16-8(9)3/h4H,5H2,1-3H3,(H,14,17)(H,15,16)(H,18,19). The monoisotopic (exact) mass is 293 g/mol. The lowest BCUT2D eigenvalue weighted by Gasteiger charge is -2.02. The molecule has 2 heterocycles. The van der Waals surface area contributed by atoms with Crippen LogP contribution in [0, 0.1) is 20.8 Å². The second-order valence-electron chi connectivity index (χ2n) is 4.57. The van der Waals surface area contributed by atoms with E-state index in [0.29, 0.717) is 10.6 Å². The summed E-state index contributed by atoms with van der Waals surface area (Å²) in [4.78, 5) is 23.2. The Kier molecular flexibility index (Phi) is 3.89. The summed E-state index contributed by atoms with van der Waals surface area (Å²) < 4.78 is 0. The van der Waals surface area contributed by atoms with Crippen molar-refractivity contribution in [3.8, 4) is 0 Å². The molecule has 0 aliphatic carbocycles. The van der Waals surface area contributed by atoms with E-state index in [1.165, 1.54) is 0 Å². The molecule has 2 aromatic rings. The smallest absolute Gasteiger partial charge is 0.346 e. The summed E-state index contributed by atoms with van der Waals surface area (Å²) in [7, 11) is 0. The topological polar surface area (TPSA) is 95.1 Å². The molecule has 1 amide bonds. The molecule has 0 saturated heterocycles. The number of aromatic amines is 1. The van der Waals surface area contributed by atoms with Crippen LogP contribution in [0.2, 0.25) is 0 Å². The van der Waals surface area contributed by atoms with Gasteiger partial charge in [-0.15, -0.1) is 11.3 Å². The molecule has 0 radical (unpaired) electrons. The van der Waals surface area contributed by atoms with Crippen LogP contribution >= 0.6 is 11.3 Å². The van der Waals surface area contributed by atoms with Gasteiger partial charge in [0.05, 0.1) is 17.1 Å². The zero-order valence-electron chi connectivity index (χ0n) is 11.4. The summed E-state index contributed by atoms with van der Waals surface area (Å²) in [6.45, 7) is 5.41. The van der Waals surface area contributed by atoms with Gasteiger partial charge in [-0.05, 0) is 32.4 Å². The molecule has 0 atom stereocenters. The highest BCUT2D eigenvalue weighted by atomic mass is 32.1. The molecule has 3 N–H and O–H groups in total. The van der Waals surface area contributed by atoms with Gasteiger partial charge in [0.2, 0.25) is 5.91 Å². The first-order valence-corrected chi connectivity index (χ1v) is 6.84. The van der Waals surface area contributed by atoms with Crippen molar-refractivity contribution < 1.29 is 14.7 Å². The Morgan fingerprint density at radius 1 is 1.40 bits per heavy atom. The van der Waals surface area contributed by atoms with Crippen molar-refractivity contribution in [2.24, 2.45) is 0 Å². The number of aromatic carboxylic acids is 1. The zero-order chi connectivity index (χ0) is 14.9. The molecule has 0 unspecified atom stereocenters. The second kappa shape index (κ2) is 5.46. The maximum atomic E-state index is 12.0. The normalized spacial score (nSPS) is 10.6. The quantitative estimate of drug-likeness (QED) is 0.806. The molecule has 0 aliphatic rings. The van der Waals surface area contributed by atoms with E-state index < -0.39 is 5.97 Å². The molecule has 0 aliphatic heterocycles. The number of aryl methyl sites for hydroxylation is 3. The largest absolute Gasteiger partial charge is 0.477 e. The van der Waals surface area contributed by atoms with Gasteiger partial charge in [-0.25, -0.2) is 4.79 Å². The Bertz CT molecular complexity index is 653. The number of carboxylic acids is 1. The van der Waals surface area contributed by atoms with Crippen LogP contribution in [0.3, 0.4) is 0 Å². The Morgan fingerprint density at radius 3 is 2.60 bits per heavy atom. The van der Waals surface area contributed by atoms with Crippen molar-refractivity contribution >= 4 is 28.2 Å². The molecular weight excluding hydrogens is 278 g/mol. The van der Waals surface area contributed by atoms with Crippen molar-refractivity contribution in [1.29, 1.82) is 0 Å². The zero-order valence-corrected chi connectivity index (χ0v) is 12.2. The summed E-state index contributed by atoms with van der Waals surface area (Å²) in [6.07, 6.45) is 0.216. The van der Waals surface area contributed by atoms with Gasteiger partial charge >= 0.3 is 5.97 Å². The molecule has 0 aromatic carbocycles. The van der Waals surface area contributed by atoms with Crippen LogP contribution in [-0.2, 0) is 11.2 Å². The predicted molar refractivity (Wildman–Crippen MR) is 76.4 cm³/mol. The minimum Gasteiger partial charge on any atom is -0.477 e. The lowest BCUT2D eigenvalue weighted by molar-refractivity contribution is -0.115. The van der Waals surface area contributed by atoms with Gasteiger partial charge in [0.25, 0.3) is 0 Å². The Labute approximate surface area is 119 Å². The molecule has 2 aromatic heterocycles. The average Bonchev–Trinajstić information content (AvgIpc) is 2.86. The fourth-order valence-electron chi connectivity index (χ4n) is 1.93. The number of carbonyl (C=O) groups excluding carboxylic acids is 1. The van der Waals surface area contributed by atoms with Crippen molar-refractivity contribution in [2.45, 2.75) is 27.2 Å². The number of H-pyrrole nitrogens is 1. The van der Waals surface area contributed by atoms with Crippen molar-refractivity contribution in [1.82, 2.24) is 10.2 Å². The second-order valence-corrected chi connectivity index (χ2v) is 5.62. The number of hydrogen-bond acceptors (Lipinski definition) is 4. The van der Waals surface area contributed by atoms with E-state index in [0.717, 1.165) is 28.3 Å². The highest BCUT2D eigenvalue weighted by molar-refractivity contribution is 7.18. The fraction of sp³-hybridized carbons (Fsp3) is 0.308. The number of carbonyl (C=O) groups is 2. The van der Waals surface area contributed by atoms with E-state index >= 15 is 0 Å². The van der Waals surface area contributed by atoms with E-state index in [1.54, 1.807) is 13.0 Å². The molecule has 0 saturated carbocycles. The summed E-state index contributed by atoms with van der Waals surface area (Å²) in [5, 5.41) is 19.1. The van der Waals surface area contributed by atoms with Crippen LogP contribution in [0.15, 0.2) is 6.07 Å². The first kappa shape index (κ1) is 14.3. The Balaban J connectivity index is 2.09. The van der Waals surface area contributed by atoms with Gasteiger partial charge < -0.3 is 10.4 Å². The van der Waals surface area contributed by atoms with Crippen LogP contribution in [0.1, 0.15) is 32.2 Å². The van der Waals surface area contributed by atoms with Gasteiger partial charge in [0, 0.05) is 11.3 Å². The van der Waals surface area contributed by atoms with E-state index in [4.69, 9.17) is 5.11 Å². The predicted octanol–water partition coefficient (Wildman–Crippen LogP) is 2.28. The lowest BCUT2D eigenvalue weighted by Crippen LogP contribution is -2.14. The third-order valence-corrected chi connectivity index (χ3v) is 4.13. The summed E-state index contributed by atoms with van der Waals surface area (Å²) in [6, 6.07) is 1.67. The van der Waals surface area contributed by atoms with E-state index in [9.17, 15) is 9.59 Å². The molecule has 7 heteroatoms. The van der Waals surface area contributed by atoms with Crippen LogP contribution < -0.4 is 5.32 Å². The third kappa shape index (κ3) is 2.88. The van der Waals surface area contributed by atoms with E-state index in [-0.39, 0.29) is 17.2 Å². The minimum atomic E-state index is -0.977. The summed E-state index contributed by atoms with van der Waals surface area (Å²) in [5.74, 6) is -1.16. The molecule has 0 bridgehead atoms. The number of amides is 1. The number of nitrogens with zero attached hydrogens (tertiary/aromatic N) is 1. The highest BCUT2D eigenvalue weighted by Gasteiger charge is 2.15. The van der Waals surface area contributed by atoms with Gasteiger partial charge in [-0.1, -0.05) is 0 Å². The van der Waals surface area contributed by atoms with E-state index in [1.807, 2.05) is 13.8 Å². The van der Waals surface area contributed by atoms with E-state index in [2.05, 4.69) is 15.5 Å². The maximum Gasteiger partial charge on any atom is 0.346 e. The minimum absolute atomic E-state index is 0.184. The number of aromatic nitrogens is 2. The number of hydrogen-bond donors (Lipinski definition) is 3. The molecular formula is C13H15N3O3S. The van der Waals surface area contributed by atoms with Crippen LogP contribution in [0.5, 0.6) is 0 Å². The first-order valence-electron chi connectivity index (χ1n) is 6.02. The van der Waals surface area contributed by atoms with Gasteiger partial charge in [-0.2, -0.15) is 5.10 Å². The SMILES string of the molecule is Cc1cc(NC(=O)Cc2c(C)n[nH]c2C)sc1C(=O)O. The lowest BCUT2D eigenvalue weighted by atomic mass is 10.1. The average molecular weight is 293 g/mol. The van der Waals surface area contributed by atoms with Crippen molar-refractivity contribution in [2.75, 3.05) is 5.32 Å². The molecule has 20 heavy (non-hydrogen) atoms. The van der Waals surface area contributed by atoms with Crippen LogP contribution in [0.25, 0.3) is 0 Å². The van der Waals surface area contributed by atoms with Gasteiger partial charge in [0.1, 0.15) is 4.88 Å². The maximum absolute atomic E-state index is 12.0. The summed E-state index contributed by atoms with van der Waals surface area (Å²) >= 11 is 1.06. The Hall–Kier alpha value is -2.15. The fourth-order valence-corrected chi connectivity index (χ4v) is 2.86. The van der Waals surface area contributed by atoms with Crippen molar-refractivity contribution in [3.05, 3.63) is 33.5 Å². The molecule has 0 fully saturated rings. The molecule has 2 rings (SSSR count). The number of anilines is 1. The number of rotatable bonds is 4. The van der Waals surface area contributed by atoms with Gasteiger partial charge in [0.15, 0.2) is 0 Å². The number of thiophene rings is 1. The van der Waals surface area contributed by atoms with Crippen LogP contribution in [0.4, 0.5) is 5.00 Å². The molecule has 106 valence electrons. The molecule has 6 nitrogen and oxygen atoms in total. The van der Waals surface area contributed by atoms with Crippen LogP contribution in [-0.4, -0.2) is 27.2 Å².